The number of amides is 1. The number of hydrogen-bond acceptors (Lipinski definition) is 4. The van der Waals surface area contributed by atoms with E-state index in [2.05, 4.69) is 71.0 Å². The van der Waals surface area contributed by atoms with E-state index in [1.807, 2.05) is 16.3 Å². The first kappa shape index (κ1) is 18.9. The van der Waals surface area contributed by atoms with Crippen molar-refractivity contribution in [2.75, 3.05) is 31.1 Å². The highest BCUT2D eigenvalue weighted by molar-refractivity contribution is 7.13. The second-order valence-electron chi connectivity index (χ2n) is 7.49. The first-order valence-corrected chi connectivity index (χ1v) is 11.3. The molecule has 1 fully saturated rings. The number of benzene rings is 2. The zero-order valence-corrected chi connectivity index (χ0v) is 17.8. The van der Waals surface area contributed by atoms with Gasteiger partial charge in [-0.05, 0) is 31.2 Å². The maximum Gasteiger partial charge on any atom is 0.273 e. The SMILES string of the molecule is CCn1c(-c2nc(C(=O)N3CCN(c4ccccc4)CC3)cs2)cc2ccccc21. The molecule has 2 aromatic carbocycles. The molecule has 1 saturated heterocycles. The van der Waals surface area contributed by atoms with Gasteiger partial charge in [-0.1, -0.05) is 36.4 Å². The summed E-state index contributed by atoms with van der Waals surface area (Å²) in [6.45, 7) is 6.13. The molecular formula is C24H24N4OS. The van der Waals surface area contributed by atoms with Crippen LogP contribution in [0.5, 0.6) is 0 Å². The number of piperazine rings is 1. The lowest BCUT2D eigenvalue weighted by atomic mass is 10.2. The van der Waals surface area contributed by atoms with E-state index in [-0.39, 0.29) is 5.91 Å². The maximum atomic E-state index is 13.1. The van der Waals surface area contributed by atoms with E-state index in [1.54, 1.807) is 11.3 Å². The third kappa shape index (κ3) is 3.37. The van der Waals surface area contributed by atoms with Crippen LogP contribution in [0.1, 0.15) is 17.4 Å². The summed E-state index contributed by atoms with van der Waals surface area (Å²) in [6.07, 6.45) is 0. The summed E-state index contributed by atoms with van der Waals surface area (Å²) in [5.74, 6) is 0.0318. The molecule has 0 unspecified atom stereocenters. The fourth-order valence-corrected chi connectivity index (χ4v) is 5.00. The maximum absolute atomic E-state index is 13.1. The molecule has 0 aliphatic carbocycles. The molecule has 6 heteroatoms. The Morgan fingerprint density at radius 1 is 1.00 bits per heavy atom. The zero-order valence-electron chi connectivity index (χ0n) is 17.0. The Morgan fingerprint density at radius 3 is 2.50 bits per heavy atom. The molecule has 0 bridgehead atoms. The Labute approximate surface area is 180 Å². The summed E-state index contributed by atoms with van der Waals surface area (Å²) in [4.78, 5) is 22.0. The van der Waals surface area contributed by atoms with Crippen LogP contribution in [0.4, 0.5) is 5.69 Å². The van der Waals surface area contributed by atoms with Gasteiger partial charge >= 0.3 is 0 Å². The summed E-state index contributed by atoms with van der Waals surface area (Å²) >= 11 is 1.55. The average molecular weight is 417 g/mol. The quantitative estimate of drug-likeness (QED) is 0.482. The van der Waals surface area contributed by atoms with Crippen LogP contribution in [0, 0.1) is 0 Å². The number of hydrogen-bond donors (Lipinski definition) is 0. The Morgan fingerprint density at radius 2 is 1.73 bits per heavy atom. The van der Waals surface area contributed by atoms with E-state index in [0.29, 0.717) is 5.69 Å². The Kier molecular flexibility index (Phi) is 5.01. The van der Waals surface area contributed by atoms with Gasteiger partial charge in [0, 0.05) is 54.7 Å². The van der Waals surface area contributed by atoms with Crippen LogP contribution in [0.3, 0.4) is 0 Å². The van der Waals surface area contributed by atoms with Gasteiger partial charge in [0.15, 0.2) is 0 Å². The molecule has 4 aromatic rings. The van der Waals surface area contributed by atoms with Crippen LogP contribution in [-0.4, -0.2) is 46.5 Å². The van der Waals surface area contributed by atoms with Crippen molar-refractivity contribution in [1.29, 1.82) is 0 Å². The van der Waals surface area contributed by atoms with Crippen LogP contribution in [0.15, 0.2) is 66.0 Å². The molecule has 5 rings (SSSR count). The molecule has 3 heterocycles. The summed E-state index contributed by atoms with van der Waals surface area (Å²) in [6, 6.07) is 20.9. The number of carbonyl (C=O) groups is 1. The van der Waals surface area contributed by atoms with Crippen molar-refractivity contribution in [2.45, 2.75) is 13.5 Å². The van der Waals surface area contributed by atoms with Gasteiger partial charge in [0.1, 0.15) is 10.7 Å². The lowest BCUT2D eigenvalue weighted by Crippen LogP contribution is -2.48. The van der Waals surface area contributed by atoms with E-state index in [4.69, 9.17) is 4.98 Å². The Balaban J connectivity index is 1.33. The second-order valence-corrected chi connectivity index (χ2v) is 8.34. The fourth-order valence-electron chi connectivity index (χ4n) is 4.19. The lowest BCUT2D eigenvalue weighted by Gasteiger charge is -2.35. The van der Waals surface area contributed by atoms with Gasteiger partial charge in [0.25, 0.3) is 5.91 Å². The van der Waals surface area contributed by atoms with Crippen LogP contribution < -0.4 is 4.90 Å². The van der Waals surface area contributed by atoms with Crippen molar-refractivity contribution in [3.8, 4) is 10.7 Å². The highest BCUT2D eigenvalue weighted by Crippen LogP contribution is 2.31. The largest absolute Gasteiger partial charge is 0.368 e. The monoisotopic (exact) mass is 416 g/mol. The molecule has 1 aliphatic rings. The van der Waals surface area contributed by atoms with Gasteiger partial charge in [0.2, 0.25) is 0 Å². The smallest absolute Gasteiger partial charge is 0.273 e. The van der Waals surface area contributed by atoms with Gasteiger partial charge in [0.05, 0.1) is 5.69 Å². The van der Waals surface area contributed by atoms with E-state index < -0.39 is 0 Å². The predicted octanol–water partition coefficient (Wildman–Crippen LogP) is 4.75. The molecule has 0 radical (unpaired) electrons. The summed E-state index contributed by atoms with van der Waals surface area (Å²) in [5, 5.41) is 4.01. The van der Waals surface area contributed by atoms with Crippen LogP contribution in [-0.2, 0) is 6.54 Å². The number of rotatable bonds is 4. The molecular weight excluding hydrogens is 392 g/mol. The van der Waals surface area contributed by atoms with Gasteiger partial charge in [-0.25, -0.2) is 4.98 Å². The minimum atomic E-state index is 0.0318. The van der Waals surface area contributed by atoms with Crippen LogP contribution in [0.25, 0.3) is 21.6 Å². The number of thiazole rings is 1. The third-order valence-electron chi connectivity index (χ3n) is 5.76. The third-order valence-corrected chi connectivity index (χ3v) is 6.62. The Hall–Kier alpha value is -3.12. The number of aromatic nitrogens is 2. The molecule has 1 amide bonds. The first-order chi connectivity index (χ1) is 14.7. The average Bonchev–Trinajstić information content (AvgIpc) is 3.44. The van der Waals surface area contributed by atoms with Crippen molar-refractivity contribution < 1.29 is 4.79 Å². The van der Waals surface area contributed by atoms with E-state index in [9.17, 15) is 4.79 Å². The molecule has 5 nitrogen and oxygen atoms in total. The van der Waals surface area contributed by atoms with Gasteiger partial charge in [-0.3, -0.25) is 4.79 Å². The van der Waals surface area contributed by atoms with Crippen molar-refractivity contribution in [2.24, 2.45) is 0 Å². The number of para-hydroxylation sites is 2. The van der Waals surface area contributed by atoms with Gasteiger partial charge < -0.3 is 14.4 Å². The topological polar surface area (TPSA) is 41.4 Å². The molecule has 0 spiro atoms. The molecule has 1 aliphatic heterocycles. The fraction of sp³-hybridized carbons (Fsp3) is 0.250. The molecule has 152 valence electrons. The van der Waals surface area contributed by atoms with Crippen molar-refractivity contribution >= 4 is 33.8 Å². The zero-order chi connectivity index (χ0) is 20.5. The molecule has 2 aromatic heterocycles. The number of fused-ring (bicyclic) bond motifs is 1. The number of nitrogens with zero attached hydrogens (tertiary/aromatic N) is 4. The highest BCUT2D eigenvalue weighted by atomic mass is 32.1. The minimum absolute atomic E-state index is 0.0318. The van der Waals surface area contributed by atoms with Crippen molar-refractivity contribution in [3.63, 3.8) is 0 Å². The first-order valence-electron chi connectivity index (χ1n) is 10.4. The molecule has 30 heavy (non-hydrogen) atoms. The summed E-state index contributed by atoms with van der Waals surface area (Å²) < 4.78 is 2.26. The van der Waals surface area contributed by atoms with E-state index >= 15 is 0 Å². The van der Waals surface area contributed by atoms with E-state index in [1.165, 1.54) is 16.6 Å². The Bertz CT molecular complexity index is 1170. The minimum Gasteiger partial charge on any atom is -0.368 e. The predicted molar refractivity (Wildman–Crippen MR) is 123 cm³/mol. The standard InChI is InChI=1S/C24H24N4OS/c1-2-28-21-11-7-6-8-18(21)16-22(28)23-25-20(17-30-23)24(29)27-14-12-26(13-15-27)19-9-4-3-5-10-19/h3-11,16-17H,2,12-15H2,1H3. The normalized spacial score (nSPS) is 14.4. The lowest BCUT2D eigenvalue weighted by molar-refractivity contribution is 0.0742. The van der Waals surface area contributed by atoms with Crippen LogP contribution in [0.2, 0.25) is 0 Å². The van der Waals surface area contributed by atoms with Gasteiger partial charge in [-0.2, -0.15) is 0 Å². The van der Waals surface area contributed by atoms with Crippen LogP contribution >= 0.6 is 11.3 Å². The van der Waals surface area contributed by atoms with Crippen molar-refractivity contribution in [1.82, 2.24) is 14.5 Å². The number of aryl methyl sites for hydroxylation is 1. The van der Waals surface area contributed by atoms with Gasteiger partial charge in [-0.15, -0.1) is 11.3 Å². The summed E-state index contributed by atoms with van der Waals surface area (Å²) in [7, 11) is 0. The van der Waals surface area contributed by atoms with Crippen molar-refractivity contribution in [3.05, 3.63) is 71.7 Å². The second kappa shape index (κ2) is 7.95. The van der Waals surface area contributed by atoms with E-state index in [0.717, 1.165) is 43.4 Å². The number of carbonyl (C=O) groups excluding carboxylic acids is 1. The summed E-state index contributed by atoms with van der Waals surface area (Å²) in [5.41, 5.74) is 4.05. The molecule has 0 saturated carbocycles. The number of anilines is 1. The molecule has 0 N–H and O–H groups in total. The highest BCUT2D eigenvalue weighted by Gasteiger charge is 2.24. The molecule has 0 atom stereocenters.